The number of aromatic nitrogens is 2. The lowest BCUT2D eigenvalue weighted by molar-refractivity contribution is 0.262. The minimum absolute atomic E-state index is 0.139. The fraction of sp³-hybridized carbons (Fsp3) is 0.125. The van der Waals surface area contributed by atoms with Crippen LogP contribution in [0.15, 0.2) is 77.7 Å². The van der Waals surface area contributed by atoms with Gasteiger partial charge in [-0.1, -0.05) is 30.3 Å². The monoisotopic (exact) mass is 414 g/mol. The molecule has 4 aromatic rings. The summed E-state index contributed by atoms with van der Waals surface area (Å²) in [5, 5.41) is 5.57. The first kappa shape index (κ1) is 20.2. The van der Waals surface area contributed by atoms with Gasteiger partial charge in [-0.15, -0.1) is 0 Å². The van der Waals surface area contributed by atoms with Gasteiger partial charge in [-0.2, -0.15) is 0 Å². The zero-order valence-corrected chi connectivity index (χ0v) is 17.3. The van der Waals surface area contributed by atoms with Gasteiger partial charge in [-0.25, -0.2) is 9.78 Å². The maximum Gasteiger partial charge on any atom is 0.323 e. The minimum atomic E-state index is -0.347. The van der Waals surface area contributed by atoms with Crippen LogP contribution >= 0.6 is 0 Å². The molecule has 0 fully saturated rings. The Balaban J connectivity index is 1.48. The number of hydrogen-bond donors (Lipinski definition) is 2. The second-order valence-corrected chi connectivity index (χ2v) is 7.18. The number of urea groups is 1. The van der Waals surface area contributed by atoms with Crippen LogP contribution in [0.3, 0.4) is 0 Å². The maximum atomic E-state index is 12.4. The summed E-state index contributed by atoms with van der Waals surface area (Å²) in [5.74, 6) is 0.601. The standard InChI is InChI=1S/C24H22N4O3/c1-16-10-11-19(27-24(30)26-18-8-4-3-5-9-18)13-21(16)31-15-20-14-22(29)28-12-6-7-17(2)23(28)25-20/h3-14H,15H2,1-2H3,(H2,26,27,30). The molecule has 4 rings (SSSR count). The van der Waals surface area contributed by atoms with Crippen LogP contribution in [0.4, 0.5) is 16.2 Å². The van der Waals surface area contributed by atoms with E-state index in [4.69, 9.17) is 4.74 Å². The Morgan fingerprint density at radius 3 is 2.52 bits per heavy atom. The van der Waals surface area contributed by atoms with E-state index in [0.717, 1.165) is 11.1 Å². The Morgan fingerprint density at radius 2 is 1.71 bits per heavy atom. The van der Waals surface area contributed by atoms with Crippen LogP contribution in [-0.4, -0.2) is 15.4 Å². The van der Waals surface area contributed by atoms with Crippen LogP contribution in [0.5, 0.6) is 5.75 Å². The number of benzene rings is 2. The van der Waals surface area contributed by atoms with Crippen LogP contribution < -0.4 is 20.9 Å². The highest BCUT2D eigenvalue weighted by Crippen LogP contribution is 2.24. The summed E-state index contributed by atoms with van der Waals surface area (Å²) >= 11 is 0. The van der Waals surface area contributed by atoms with Crippen molar-refractivity contribution < 1.29 is 9.53 Å². The van der Waals surface area contributed by atoms with E-state index < -0.39 is 0 Å². The number of ether oxygens (including phenoxy) is 1. The van der Waals surface area contributed by atoms with E-state index in [0.29, 0.717) is 28.5 Å². The number of nitrogens with zero attached hydrogens (tertiary/aromatic N) is 2. The zero-order chi connectivity index (χ0) is 21.8. The summed E-state index contributed by atoms with van der Waals surface area (Å²) in [4.78, 5) is 29.2. The highest BCUT2D eigenvalue weighted by Gasteiger charge is 2.09. The molecule has 0 saturated carbocycles. The Labute approximate surface area is 179 Å². The number of carbonyl (C=O) groups excluding carboxylic acids is 1. The van der Waals surface area contributed by atoms with Gasteiger partial charge in [-0.3, -0.25) is 9.20 Å². The molecule has 0 radical (unpaired) electrons. The lowest BCUT2D eigenvalue weighted by Gasteiger charge is -2.13. The molecule has 2 amide bonds. The molecule has 0 aliphatic carbocycles. The zero-order valence-electron chi connectivity index (χ0n) is 17.3. The molecule has 0 aliphatic rings. The lowest BCUT2D eigenvalue weighted by Crippen LogP contribution is -2.19. The number of aryl methyl sites for hydroxylation is 2. The average Bonchev–Trinajstić information content (AvgIpc) is 2.75. The van der Waals surface area contributed by atoms with Gasteiger partial charge in [0, 0.05) is 29.7 Å². The number of para-hydroxylation sites is 1. The molecular formula is C24H22N4O3. The van der Waals surface area contributed by atoms with Gasteiger partial charge in [0.25, 0.3) is 5.56 Å². The first-order valence-electron chi connectivity index (χ1n) is 9.84. The van der Waals surface area contributed by atoms with E-state index in [9.17, 15) is 9.59 Å². The van der Waals surface area contributed by atoms with Crippen molar-refractivity contribution in [2.24, 2.45) is 0 Å². The second kappa shape index (κ2) is 8.71. The quantitative estimate of drug-likeness (QED) is 0.502. The average molecular weight is 414 g/mol. The smallest absolute Gasteiger partial charge is 0.323 e. The third kappa shape index (κ3) is 4.72. The Bertz CT molecular complexity index is 1300. The van der Waals surface area contributed by atoms with Gasteiger partial charge < -0.3 is 15.4 Å². The van der Waals surface area contributed by atoms with Crippen LogP contribution in [0.1, 0.15) is 16.8 Å². The third-order valence-electron chi connectivity index (χ3n) is 4.79. The molecule has 7 heteroatoms. The number of nitrogens with one attached hydrogen (secondary N) is 2. The molecule has 0 unspecified atom stereocenters. The molecule has 0 bridgehead atoms. The summed E-state index contributed by atoms with van der Waals surface area (Å²) in [6.07, 6.45) is 1.70. The molecule has 2 aromatic carbocycles. The van der Waals surface area contributed by atoms with Gasteiger partial charge >= 0.3 is 6.03 Å². The van der Waals surface area contributed by atoms with Crippen LogP contribution in [0.2, 0.25) is 0 Å². The van der Waals surface area contributed by atoms with Crippen molar-refractivity contribution in [2.75, 3.05) is 10.6 Å². The fourth-order valence-corrected chi connectivity index (χ4v) is 3.18. The largest absolute Gasteiger partial charge is 0.487 e. The molecule has 156 valence electrons. The molecule has 31 heavy (non-hydrogen) atoms. The van der Waals surface area contributed by atoms with Gasteiger partial charge in [0.1, 0.15) is 18.0 Å². The second-order valence-electron chi connectivity index (χ2n) is 7.18. The van der Waals surface area contributed by atoms with Crippen molar-refractivity contribution in [3.8, 4) is 5.75 Å². The number of rotatable bonds is 5. The van der Waals surface area contributed by atoms with Crippen molar-refractivity contribution in [3.63, 3.8) is 0 Å². The topological polar surface area (TPSA) is 84.7 Å². The molecule has 2 heterocycles. The summed E-state index contributed by atoms with van der Waals surface area (Å²) < 4.78 is 7.44. The molecule has 2 N–H and O–H groups in total. The van der Waals surface area contributed by atoms with Crippen molar-refractivity contribution >= 4 is 23.1 Å². The molecule has 0 saturated heterocycles. The van der Waals surface area contributed by atoms with E-state index in [1.807, 2.05) is 62.4 Å². The van der Waals surface area contributed by atoms with Crippen molar-refractivity contribution in [1.29, 1.82) is 0 Å². The molecule has 0 aliphatic heterocycles. The molecular weight excluding hydrogens is 392 g/mol. The predicted molar refractivity (Wildman–Crippen MR) is 121 cm³/mol. The maximum absolute atomic E-state index is 12.4. The van der Waals surface area contributed by atoms with Crippen molar-refractivity contribution in [2.45, 2.75) is 20.5 Å². The van der Waals surface area contributed by atoms with Crippen molar-refractivity contribution in [1.82, 2.24) is 9.38 Å². The number of fused-ring (bicyclic) bond motifs is 1. The number of anilines is 2. The van der Waals surface area contributed by atoms with Crippen LogP contribution in [0, 0.1) is 13.8 Å². The summed E-state index contributed by atoms with van der Waals surface area (Å²) in [6.45, 7) is 3.96. The Morgan fingerprint density at radius 1 is 0.935 bits per heavy atom. The van der Waals surface area contributed by atoms with Crippen molar-refractivity contribution in [3.05, 3.63) is 100 Å². The number of hydrogen-bond acceptors (Lipinski definition) is 4. The van der Waals surface area contributed by atoms with Crippen LogP contribution in [0.25, 0.3) is 5.65 Å². The predicted octanol–water partition coefficient (Wildman–Crippen LogP) is 4.53. The summed E-state index contributed by atoms with van der Waals surface area (Å²) in [6, 6.07) is 19.5. The third-order valence-corrected chi connectivity index (χ3v) is 4.79. The highest BCUT2D eigenvalue weighted by molar-refractivity contribution is 5.99. The highest BCUT2D eigenvalue weighted by atomic mass is 16.5. The summed E-state index contributed by atoms with van der Waals surface area (Å²) in [7, 11) is 0. The molecule has 0 spiro atoms. The normalized spacial score (nSPS) is 10.6. The van der Waals surface area contributed by atoms with E-state index in [1.165, 1.54) is 10.5 Å². The fourth-order valence-electron chi connectivity index (χ4n) is 3.18. The molecule has 0 atom stereocenters. The summed E-state index contributed by atoms with van der Waals surface area (Å²) in [5.41, 5.74) is 4.11. The Hall–Kier alpha value is -4.13. The van der Waals surface area contributed by atoms with E-state index in [2.05, 4.69) is 15.6 Å². The Kier molecular flexibility index (Phi) is 5.66. The van der Waals surface area contributed by atoms with E-state index in [1.54, 1.807) is 18.3 Å². The lowest BCUT2D eigenvalue weighted by atomic mass is 10.2. The van der Waals surface area contributed by atoms with E-state index in [-0.39, 0.29) is 18.2 Å². The van der Waals surface area contributed by atoms with Crippen LogP contribution in [-0.2, 0) is 6.61 Å². The molecule has 7 nitrogen and oxygen atoms in total. The SMILES string of the molecule is Cc1ccc(NC(=O)Nc2ccccc2)cc1OCc1cc(=O)n2cccc(C)c2n1. The first-order chi connectivity index (χ1) is 15.0. The van der Waals surface area contributed by atoms with Gasteiger partial charge in [0.15, 0.2) is 0 Å². The van der Waals surface area contributed by atoms with Gasteiger partial charge in [0.05, 0.1) is 5.69 Å². The number of carbonyl (C=O) groups is 1. The molecule has 2 aromatic heterocycles. The number of amides is 2. The minimum Gasteiger partial charge on any atom is -0.487 e. The number of pyridine rings is 1. The van der Waals surface area contributed by atoms with Gasteiger partial charge in [-0.05, 0) is 49.2 Å². The van der Waals surface area contributed by atoms with E-state index >= 15 is 0 Å². The first-order valence-corrected chi connectivity index (χ1v) is 9.84. The van der Waals surface area contributed by atoms with Gasteiger partial charge in [0.2, 0.25) is 0 Å².